The molecular weight excluding hydrogens is 1580 g/mol. The Morgan fingerprint density at radius 1 is 0.619 bits per heavy atom. The number of benzene rings is 3. The highest BCUT2D eigenvalue weighted by Crippen LogP contribution is 2.25. The number of para-hydroxylation sites is 1. The number of primary amides is 1. The fourth-order valence-corrected chi connectivity index (χ4v) is 14.4. The third-order valence-electron chi connectivity index (χ3n) is 18.8. The average molecular weight is 1680 g/mol. The average Bonchev–Trinajstić information content (AvgIpc) is 1.63. The molecule has 3 heterocycles. The number of imidazole rings is 1. The van der Waals surface area contributed by atoms with E-state index in [4.69, 9.17) is 16.9 Å². The van der Waals surface area contributed by atoms with Crippen LogP contribution >= 0.6 is 21.6 Å². The maximum absolute atomic E-state index is 15.1. The summed E-state index contributed by atoms with van der Waals surface area (Å²) in [5.74, 6) is -21.6. The number of hydrogen-bond donors (Lipinski definition) is 22. The van der Waals surface area contributed by atoms with Gasteiger partial charge in [-0.1, -0.05) is 128 Å². The van der Waals surface area contributed by atoms with Crippen LogP contribution in [0.25, 0.3) is 10.9 Å². The van der Waals surface area contributed by atoms with Crippen molar-refractivity contribution < 1.29 is 96.8 Å². The number of nitrogens with one attached hydrogen (secondary N) is 17. The molecule has 5 aromatic rings. The van der Waals surface area contributed by atoms with Crippen LogP contribution in [-0.4, -0.2) is 240 Å². The maximum Gasteiger partial charge on any atom is 0.328 e. The van der Waals surface area contributed by atoms with Crippen molar-refractivity contribution >= 4 is 139 Å². The van der Waals surface area contributed by atoms with Gasteiger partial charge in [0.25, 0.3) is 0 Å². The van der Waals surface area contributed by atoms with Gasteiger partial charge < -0.3 is 111 Å². The highest BCUT2D eigenvalue weighted by Gasteiger charge is 2.39. The Balaban J connectivity index is 1.49. The summed E-state index contributed by atoms with van der Waals surface area (Å²) in [7, 11) is 1.55. The summed E-state index contributed by atoms with van der Waals surface area (Å²) >= 11 is 0. The number of aromatic nitrogens is 3. The number of carboxylic acids is 2. The Bertz CT molecular complexity index is 4420. The zero-order chi connectivity index (χ0) is 87.0. The van der Waals surface area contributed by atoms with Crippen molar-refractivity contribution in [2.45, 2.75) is 185 Å². The largest absolute Gasteiger partial charge is 0.481 e. The summed E-state index contributed by atoms with van der Waals surface area (Å²) in [5.41, 5.74) is 13.2. The van der Waals surface area contributed by atoms with Gasteiger partial charge in [-0.3, -0.25) is 82.1 Å². The number of nitrogens with two attached hydrogens (primary N) is 2. The molecule has 0 saturated carbocycles. The monoisotopic (exact) mass is 1680 g/mol. The molecule has 1 saturated heterocycles. The lowest BCUT2D eigenvalue weighted by atomic mass is 9.97. The molecule has 0 aliphatic carbocycles. The zero-order valence-electron chi connectivity index (χ0n) is 65.8. The quantitative estimate of drug-likeness (QED) is 0.00805. The van der Waals surface area contributed by atoms with Crippen LogP contribution in [0.5, 0.6) is 0 Å². The number of carboxylic acid groups (broad SMARTS) is 2. The normalized spacial score (nSPS) is 22.1. The van der Waals surface area contributed by atoms with Crippen molar-refractivity contribution in [2.24, 2.45) is 23.3 Å². The van der Waals surface area contributed by atoms with Gasteiger partial charge in [-0.2, -0.15) is 0 Å². The number of aliphatic carboxylic acids is 2. The van der Waals surface area contributed by atoms with E-state index in [-0.39, 0.29) is 54.8 Å². The minimum Gasteiger partial charge on any atom is -0.481 e. The third kappa shape index (κ3) is 30.0. The first-order valence-corrected chi connectivity index (χ1v) is 40.2. The summed E-state index contributed by atoms with van der Waals surface area (Å²) in [6.07, 6.45) is -1.28. The van der Waals surface area contributed by atoms with Crippen molar-refractivity contribution in [3.63, 3.8) is 0 Å². The molecular formula is C76H102N20O20S2. The fourth-order valence-electron chi connectivity index (χ4n) is 12.1. The second kappa shape index (κ2) is 46.3. The van der Waals surface area contributed by atoms with Crippen LogP contribution in [0, 0.1) is 17.2 Å². The van der Waals surface area contributed by atoms with Gasteiger partial charge in [0.15, 0.2) is 17.8 Å². The number of aromatic amines is 2. The number of aliphatic hydroxyl groups excluding tert-OH is 1. The van der Waals surface area contributed by atoms with Crippen molar-refractivity contribution in [3.05, 3.63) is 126 Å². The van der Waals surface area contributed by atoms with E-state index in [1.165, 1.54) is 63.8 Å². The molecule has 0 bridgehead atoms. The predicted octanol–water partition coefficient (Wildman–Crippen LogP) is -3.31. The molecule has 0 spiro atoms. The molecule has 1 aliphatic heterocycles. The lowest BCUT2D eigenvalue weighted by Crippen LogP contribution is -2.61. The van der Waals surface area contributed by atoms with E-state index >= 15 is 14.4 Å². The van der Waals surface area contributed by atoms with Crippen LogP contribution in [0.4, 0.5) is 0 Å². The molecule has 118 heavy (non-hydrogen) atoms. The van der Waals surface area contributed by atoms with E-state index in [2.05, 4.69) is 89.4 Å². The summed E-state index contributed by atoms with van der Waals surface area (Å²) < 4.78 is 0. The molecule has 3 aromatic carbocycles. The number of aliphatic hydroxyl groups is 1. The SMILES string of the molecule is CC[C@H](C)[C@H](NC(C)=O)C(=O)N[C@H]1CSSC[C@@H](C(=O)N[C@H](C(=O)O)[C@@H](C)O)NC(=O)[C@H](CCCNC(=N)N)NC(=O)[C@H](Cc2cnc[nH]2)NC(=O)[C@H](C)NC(=O)CNC(=O)[C@H](Cc2c[nH]c3ccccc23)NC(=O)[C@H](CC(=O)O)NC(=O)[C@H](CCC(N)=O)NC(=O)[C@H](Cc2ccc(C(=O)c3ccccc3)cc2)NC(=O)[C@H](C(C)C)NC1=O. The second-order valence-corrected chi connectivity index (χ2v) is 31.0. The lowest BCUT2D eigenvalue weighted by molar-refractivity contribution is -0.145. The minimum absolute atomic E-state index is 0.0298. The van der Waals surface area contributed by atoms with Crippen molar-refractivity contribution in [2.75, 3.05) is 24.6 Å². The Morgan fingerprint density at radius 3 is 1.81 bits per heavy atom. The van der Waals surface area contributed by atoms with E-state index in [1.807, 2.05) is 0 Å². The molecule has 42 heteroatoms. The molecule has 24 N–H and O–H groups in total. The van der Waals surface area contributed by atoms with E-state index < -0.39 is 235 Å². The van der Waals surface area contributed by atoms with Gasteiger partial charge in [-0.25, -0.2) is 9.78 Å². The number of guanidine groups is 1. The molecule has 14 atom stereocenters. The van der Waals surface area contributed by atoms with E-state index in [1.54, 1.807) is 68.4 Å². The Morgan fingerprint density at radius 2 is 1.19 bits per heavy atom. The lowest BCUT2D eigenvalue weighted by Gasteiger charge is -2.29. The highest BCUT2D eigenvalue weighted by molar-refractivity contribution is 8.76. The second-order valence-electron chi connectivity index (χ2n) is 28.5. The van der Waals surface area contributed by atoms with Crippen molar-refractivity contribution in [3.8, 4) is 0 Å². The number of H-pyrrole nitrogens is 2. The topological polar surface area (TPSA) is 640 Å². The number of ketones is 1. The van der Waals surface area contributed by atoms with Crippen LogP contribution in [0.3, 0.4) is 0 Å². The summed E-state index contributed by atoms with van der Waals surface area (Å²) in [4.78, 5) is 249. The van der Waals surface area contributed by atoms with Gasteiger partial charge in [0.05, 0.1) is 25.4 Å². The Hall–Kier alpha value is -12.5. The Labute approximate surface area is 685 Å². The number of rotatable bonds is 27. The predicted molar refractivity (Wildman–Crippen MR) is 430 cm³/mol. The molecule has 2 aromatic heterocycles. The van der Waals surface area contributed by atoms with Gasteiger partial charge in [0.2, 0.25) is 82.7 Å². The summed E-state index contributed by atoms with van der Waals surface area (Å²) in [6.45, 7) is 8.83. The number of carbonyl (C=O) groups is 17. The maximum atomic E-state index is 15.1. The summed E-state index contributed by atoms with van der Waals surface area (Å²) in [5, 5.41) is 73.9. The Kier molecular flexibility index (Phi) is 37.0. The van der Waals surface area contributed by atoms with E-state index in [9.17, 15) is 82.4 Å². The van der Waals surface area contributed by atoms with Gasteiger partial charge in [0, 0.05) is 90.8 Å². The molecule has 14 amide bonds. The fraction of sp³-hybridized carbons (Fsp3) is 0.461. The van der Waals surface area contributed by atoms with E-state index in [0.717, 1.165) is 35.4 Å². The van der Waals surface area contributed by atoms with Crippen LogP contribution in [0.1, 0.15) is 120 Å². The van der Waals surface area contributed by atoms with E-state index in [0.29, 0.717) is 28.5 Å². The zero-order valence-corrected chi connectivity index (χ0v) is 67.4. The number of carbonyl (C=O) groups excluding carboxylic acids is 15. The highest BCUT2D eigenvalue weighted by atomic mass is 33.1. The van der Waals surface area contributed by atoms with Crippen molar-refractivity contribution in [1.82, 2.24) is 89.4 Å². The molecule has 1 fully saturated rings. The number of amides is 14. The van der Waals surface area contributed by atoms with Crippen LogP contribution in [0.15, 0.2) is 97.6 Å². The van der Waals surface area contributed by atoms with Gasteiger partial charge in [0.1, 0.15) is 66.5 Å². The summed E-state index contributed by atoms with van der Waals surface area (Å²) in [6, 6.07) is 0.153. The first-order valence-electron chi connectivity index (χ1n) is 37.8. The minimum atomic E-state index is -2.10. The van der Waals surface area contributed by atoms with Gasteiger partial charge in [-0.05, 0) is 62.1 Å². The number of nitrogens with zero attached hydrogens (tertiary/aromatic N) is 1. The molecule has 1 aliphatic rings. The molecule has 0 unspecified atom stereocenters. The number of hydrogen-bond acceptors (Lipinski definition) is 22. The van der Waals surface area contributed by atoms with Crippen LogP contribution in [-0.2, 0) is 96.0 Å². The smallest absolute Gasteiger partial charge is 0.328 e. The molecule has 0 radical (unpaired) electrons. The standard InChI is InChI=1S/C76H102N20O20S2/c1-8-38(4)61(86-41(7)98)74(114)94-56-35-118-117-34-55(72(112)96-62(40(6)97)75(115)116)93-66(106)49(19-14-26-81-76(78)79)87-69(109)53(29-46-32-80-36-84-46)89-64(104)39(5)85-58(100)33-83-65(105)52(28-45-31-82-48-18-13-12-17-47(45)48)90-70(110)54(30-59(101)102)91-67(107)50(24-25-57(77)99)88-68(108)51(92-73(113)60(37(2)3)95-71(56)111)27-42-20-22-44(23-21-42)63(103)43-15-10-9-11-16-43/h9-13,15-18,20-23,31-32,36-40,49-56,60-62,82,97H,8,14,19,24-30,33-35H2,1-7H3,(H2,77,99)(H,80,84)(H,83,105)(H,85,100)(H,86,98)(H,87,109)(H,88,108)(H,89,104)(H,90,110)(H,91,107)(H,92,113)(H,93,106)(H,94,114)(H,95,111)(H,96,112)(H,101,102)(H,115,116)(H4,78,79,81)/t38-,39-,40+,49-,50-,51-,52-,53-,54-,55-,56-,60-,61-,62-/m0/s1. The van der Waals surface area contributed by atoms with Gasteiger partial charge in [-0.15, -0.1) is 0 Å². The first-order chi connectivity index (χ1) is 55.9. The third-order valence-corrected chi connectivity index (χ3v) is 21.2. The number of fused-ring (bicyclic) bond motifs is 1. The molecule has 6 rings (SSSR count). The van der Waals surface area contributed by atoms with Gasteiger partial charge >= 0.3 is 11.9 Å². The first kappa shape index (κ1) is 94.4. The van der Waals surface area contributed by atoms with Crippen molar-refractivity contribution in [1.29, 1.82) is 5.41 Å². The van der Waals surface area contributed by atoms with Crippen LogP contribution in [0.2, 0.25) is 0 Å². The molecule has 638 valence electrons. The van der Waals surface area contributed by atoms with Crippen LogP contribution < -0.4 is 85.9 Å². The molecule has 40 nitrogen and oxygen atoms in total.